The van der Waals surface area contributed by atoms with Crippen LogP contribution < -0.4 is 11.1 Å². The molecule has 1 amide bonds. The number of sulfonamides is 2. The Morgan fingerprint density at radius 3 is 1.27 bits per heavy atom. The highest BCUT2D eigenvalue weighted by molar-refractivity contribution is 7.89. The summed E-state index contributed by atoms with van der Waals surface area (Å²) in [5.41, 5.74) is 5.59. The lowest BCUT2D eigenvalue weighted by Gasteiger charge is -2.41. The van der Waals surface area contributed by atoms with E-state index >= 15 is 0 Å². The fourth-order valence-electron chi connectivity index (χ4n) is 10.4. The molecule has 4 aliphatic heterocycles. The van der Waals surface area contributed by atoms with Crippen molar-refractivity contribution in [1.82, 2.24) is 13.9 Å². The van der Waals surface area contributed by atoms with E-state index in [0.717, 1.165) is 25.0 Å². The van der Waals surface area contributed by atoms with E-state index in [9.17, 15) is 56.4 Å². The zero-order valence-corrected chi connectivity index (χ0v) is 42.7. The lowest BCUT2D eigenvalue weighted by atomic mass is 9.79. The number of hydrogen-bond acceptors (Lipinski definition) is 8. The zero-order chi connectivity index (χ0) is 50.0. The molecule has 2 aromatic carbocycles. The summed E-state index contributed by atoms with van der Waals surface area (Å²) in [6.07, 6.45) is 5.37. The van der Waals surface area contributed by atoms with Crippen LogP contribution in [0.3, 0.4) is 0 Å². The van der Waals surface area contributed by atoms with Crippen LogP contribution in [0.1, 0.15) is 111 Å². The monoisotopic (exact) mass is 1030 g/mol. The van der Waals surface area contributed by atoms with Crippen molar-refractivity contribution in [2.45, 2.75) is 146 Å². The first kappa shape index (κ1) is 55.5. The van der Waals surface area contributed by atoms with Gasteiger partial charge in [-0.1, -0.05) is 0 Å². The van der Waals surface area contributed by atoms with Crippen LogP contribution in [0.2, 0.25) is 0 Å². The third kappa shape index (κ3) is 14.1. The number of fused-ring (bicyclic) bond motifs is 4. The average molecular weight is 1030 g/mol. The number of halogens is 6. The largest absolute Gasteiger partial charge is 0.355 e. The van der Waals surface area contributed by atoms with Gasteiger partial charge >= 0.3 is 0 Å². The second kappa shape index (κ2) is 22.3. The Hall–Kier alpha value is -2.43. The molecule has 0 radical (unpaired) electrons. The van der Waals surface area contributed by atoms with E-state index in [4.69, 9.17) is 5.73 Å². The maximum absolute atomic E-state index is 14.5. The number of rotatable bonds is 17. The second-order valence-corrected chi connectivity index (χ2v) is 29.2. The molecule has 0 spiro atoms. The quantitative estimate of drug-likeness (QED) is 0.128. The van der Waals surface area contributed by atoms with Crippen molar-refractivity contribution in [2.75, 3.05) is 36.1 Å². The number of carbonyl (C=O) groups excluding carboxylic acids is 1. The lowest BCUT2D eigenvalue weighted by molar-refractivity contribution is -0.118. The van der Waals surface area contributed by atoms with Gasteiger partial charge in [-0.15, -0.1) is 0 Å². The standard InChI is InChI=1S/C24H35F3N2O4S2.C22H33F3N2O3S2/c1-15(30)28-7-8-35(32,33)29-19-5-6-20(29)11-16(10-19)18(14-34(31)24(2,3)4)9-17-12-22(26)23(27)13-21(17)25;1-22(2,3)31(28)13-16(8-15-11-20(24)21(25)12-19(15)23)14-9-17-4-5-18(10-14)27(17)32(29,30)7-6-26/h12-13,16,18-20H,5-11,14H2,1-4H3,(H,28,30);11-12,14,16-18H,4-10,13,26H2,1-3H3/t16?,18-,19-,20+,34-;14?,16-,17-,18+,31-/m11/s1. The molecule has 4 fully saturated rings. The van der Waals surface area contributed by atoms with Gasteiger partial charge in [-0.2, -0.15) is 8.61 Å². The Morgan fingerprint density at radius 1 is 0.627 bits per heavy atom. The summed E-state index contributed by atoms with van der Waals surface area (Å²) in [6.45, 7) is 12.6. The molecule has 2 unspecified atom stereocenters. The summed E-state index contributed by atoms with van der Waals surface area (Å²) >= 11 is 0. The van der Waals surface area contributed by atoms with Crippen molar-refractivity contribution < 1.29 is 56.4 Å². The van der Waals surface area contributed by atoms with Crippen molar-refractivity contribution >= 4 is 47.6 Å². The number of hydrogen-bond donors (Lipinski definition) is 2. The van der Waals surface area contributed by atoms with Gasteiger partial charge in [0.25, 0.3) is 0 Å². The van der Waals surface area contributed by atoms with Crippen LogP contribution in [0.5, 0.6) is 0 Å². The number of piperidine rings is 2. The second-order valence-electron chi connectivity index (χ2n) is 20.7. The molecule has 4 aliphatic rings. The number of nitrogens with one attached hydrogen (secondary N) is 1. The van der Waals surface area contributed by atoms with Crippen LogP contribution in [0.15, 0.2) is 24.3 Å². The Kier molecular flexibility index (Phi) is 18.5. The smallest absolute Gasteiger partial charge is 0.216 e. The van der Waals surface area contributed by atoms with E-state index in [2.05, 4.69) is 5.32 Å². The van der Waals surface area contributed by atoms with Gasteiger partial charge in [-0.25, -0.2) is 43.2 Å². The fourth-order valence-corrected chi connectivity index (χ4v) is 16.6. The van der Waals surface area contributed by atoms with Gasteiger partial charge in [0.05, 0.1) is 11.5 Å². The minimum absolute atomic E-state index is 0.00985. The summed E-state index contributed by atoms with van der Waals surface area (Å²) in [6, 6.07) is 2.08. The first-order valence-electron chi connectivity index (χ1n) is 23.0. The van der Waals surface area contributed by atoms with Gasteiger partial charge in [0.2, 0.25) is 26.0 Å². The highest BCUT2D eigenvalue weighted by Gasteiger charge is 2.50. The van der Waals surface area contributed by atoms with Crippen LogP contribution in [-0.4, -0.2) is 110 Å². The molecule has 6 rings (SSSR count). The SMILES string of the molecule is CC(=O)NCCS(=O)(=O)N1[C@@H]2CC[C@H]1CC([C@H](Cc1cc(F)c(F)cc1F)C[S@@](=O)C(C)(C)C)C2.CC(C)(C)[S@](=O)C[C@@H](Cc1cc(F)c(F)cc1F)C1C[C@H]2CC[C@@H](C1)N2S(=O)(=O)CCN. The molecule has 11 nitrogen and oxygen atoms in total. The minimum Gasteiger partial charge on any atom is -0.355 e. The van der Waals surface area contributed by atoms with Crippen LogP contribution in [0, 0.1) is 58.6 Å². The van der Waals surface area contributed by atoms with Crippen molar-refractivity contribution in [3.8, 4) is 0 Å². The van der Waals surface area contributed by atoms with E-state index in [1.54, 1.807) is 8.61 Å². The van der Waals surface area contributed by atoms with Gasteiger partial charge in [-0.05, 0) is 153 Å². The van der Waals surface area contributed by atoms with Crippen molar-refractivity contribution in [3.05, 3.63) is 70.3 Å². The summed E-state index contributed by atoms with van der Waals surface area (Å²) in [5.74, 6) is -6.93. The van der Waals surface area contributed by atoms with Gasteiger partial charge in [0.1, 0.15) is 11.6 Å². The molecule has 3 N–H and O–H groups in total. The first-order valence-corrected chi connectivity index (χ1v) is 28.9. The fraction of sp³-hybridized carbons (Fsp3) is 0.717. The predicted molar refractivity (Wildman–Crippen MR) is 251 cm³/mol. The molecule has 4 heterocycles. The number of carbonyl (C=O) groups is 1. The van der Waals surface area contributed by atoms with Crippen LogP contribution in [0.25, 0.3) is 0 Å². The Morgan fingerprint density at radius 2 is 0.955 bits per heavy atom. The predicted octanol–water partition coefficient (Wildman–Crippen LogP) is 6.86. The summed E-state index contributed by atoms with van der Waals surface area (Å²) < 4.78 is 163. The molecule has 4 bridgehead atoms. The molecule has 0 aliphatic carbocycles. The number of amides is 1. The van der Waals surface area contributed by atoms with Gasteiger partial charge < -0.3 is 11.1 Å². The number of nitrogens with two attached hydrogens (primary N) is 1. The highest BCUT2D eigenvalue weighted by atomic mass is 32.2. The zero-order valence-electron chi connectivity index (χ0n) is 39.5. The molecule has 4 saturated heterocycles. The van der Waals surface area contributed by atoms with Gasteiger partial charge in [0.15, 0.2) is 23.3 Å². The summed E-state index contributed by atoms with van der Waals surface area (Å²) in [5, 5.41) is 2.52. The number of nitrogens with zero attached hydrogens (tertiary/aromatic N) is 2. The normalized spacial score (nSPS) is 25.5. The Labute approximate surface area is 398 Å². The molecule has 67 heavy (non-hydrogen) atoms. The molecule has 10 atom stereocenters. The molecule has 0 saturated carbocycles. The van der Waals surface area contributed by atoms with Gasteiger partial charge in [-0.3, -0.25) is 13.2 Å². The van der Waals surface area contributed by atoms with Crippen molar-refractivity contribution in [3.63, 3.8) is 0 Å². The van der Waals surface area contributed by atoms with Crippen LogP contribution in [0.4, 0.5) is 26.3 Å². The Bertz CT molecular complexity index is 2340. The summed E-state index contributed by atoms with van der Waals surface area (Å²) in [4.78, 5) is 11.1. The molecule has 2 aromatic rings. The average Bonchev–Trinajstić information content (AvgIpc) is 3.66. The lowest BCUT2D eigenvalue weighted by Crippen LogP contribution is -2.50. The maximum atomic E-state index is 14.5. The third-order valence-electron chi connectivity index (χ3n) is 13.7. The molecule has 21 heteroatoms. The molecular formula is C46H68F6N4O7S4. The maximum Gasteiger partial charge on any atom is 0.216 e. The Balaban J connectivity index is 0.000000252. The van der Waals surface area contributed by atoms with Crippen molar-refractivity contribution in [1.29, 1.82) is 0 Å². The van der Waals surface area contributed by atoms with Crippen LogP contribution >= 0.6 is 0 Å². The van der Waals surface area contributed by atoms with E-state index in [0.29, 0.717) is 56.4 Å². The molecular weight excluding hydrogens is 963 g/mol. The molecule has 380 valence electrons. The number of benzene rings is 2. The van der Waals surface area contributed by atoms with E-state index < -0.39 is 86.0 Å². The molecule has 0 aromatic heterocycles. The summed E-state index contributed by atoms with van der Waals surface area (Å²) in [7, 11) is -9.51. The van der Waals surface area contributed by atoms with Gasteiger partial charge in [0, 0.05) is 98.9 Å². The topological polar surface area (TPSA) is 164 Å². The minimum atomic E-state index is -3.58. The van der Waals surface area contributed by atoms with Crippen molar-refractivity contribution in [2.24, 2.45) is 29.4 Å². The van der Waals surface area contributed by atoms with Crippen LogP contribution in [-0.2, 0) is 59.3 Å². The van der Waals surface area contributed by atoms with E-state index in [-0.39, 0.29) is 108 Å². The van der Waals surface area contributed by atoms with E-state index in [1.165, 1.54) is 6.92 Å². The first-order chi connectivity index (χ1) is 31.0. The third-order valence-corrected chi connectivity index (χ3v) is 21.9. The van der Waals surface area contributed by atoms with E-state index in [1.807, 2.05) is 41.5 Å². The highest BCUT2D eigenvalue weighted by Crippen LogP contribution is 2.46.